The predicted octanol–water partition coefficient (Wildman–Crippen LogP) is 3.59. The number of thioether (sulfide) groups is 1. The van der Waals surface area contributed by atoms with Crippen LogP contribution in [0.15, 0.2) is 23.1 Å². The zero-order valence-corrected chi connectivity index (χ0v) is 8.46. The van der Waals surface area contributed by atoms with Gasteiger partial charge in [0.1, 0.15) is 5.82 Å². The van der Waals surface area contributed by atoms with Crippen molar-refractivity contribution in [2.45, 2.75) is 11.3 Å². The monoisotopic (exact) mass is 214 g/mol. The smallest absolute Gasteiger partial charge is 0.136 e. The summed E-state index contributed by atoms with van der Waals surface area (Å²) in [6.07, 6.45) is 5.71. The zero-order valence-electron chi connectivity index (χ0n) is 6.89. The molecular weight excluding hydrogens is 207 g/mol. The summed E-state index contributed by atoms with van der Waals surface area (Å²) in [6, 6.07) is 4.50. The highest BCUT2D eigenvalue weighted by Gasteiger charge is 2.02. The second-order valence-corrected chi connectivity index (χ2v) is 3.95. The summed E-state index contributed by atoms with van der Waals surface area (Å²) in [6.45, 7) is 0. The molecule has 0 heterocycles. The molecule has 1 rings (SSSR count). The van der Waals surface area contributed by atoms with Crippen molar-refractivity contribution in [1.82, 2.24) is 0 Å². The minimum absolute atomic E-state index is 0.244. The van der Waals surface area contributed by atoms with Gasteiger partial charge >= 0.3 is 0 Å². The summed E-state index contributed by atoms with van der Waals surface area (Å²) in [5.74, 6) is 2.97. The molecule has 0 spiro atoms. The average Bonchev–Trinajstić information content (AvgIpc) is 2.11. The van der Waals surface area contributed by atoms with Gasteiger partial charge in [-0.15, -0.1) is 24.1 Å². The fourth-order valence-electron chi connectivity index (χ4n) is 0.808. The molecule has 0 bridgehead atoms. The van der Waals surface area contributed by atoms with Gasteiger partial charge in [-0.25, -0.2) is 4.39 Å². The van der Waals surface area contributed by atoms with E-state index in [2.05, 4.69) is 5.92 Å². The molecule has 13 heavy (non-hydrogen) atoms. The molecule has 0 aliphatic carbocycles. The number of benzene rings is 1. The standard InChI is InChI=1S/C10H8ClFS/c1-2-3-6-13-10-7-8(11)4-5-9(10)12/h1,4-5,7H,3,6H2. The van der Waals surface area contributed by atoms with Crippen LogP contribution in [0, 0.1) is 18.2 Å². The third kappa shape index (κ3) is 3.30. The lowest BCUT2D eigenvalue weighted by Crippen LogP contribution is -1.82. The molecule has 0 nitrogen and oxygen atoms in total. The first-order valence-electron chi connectivity index (χ1n) is 3.75. The van der Waals surface area contributed by atoms with Crippen LogP contribution < -0.4 is 0 Å². The van der Waals surface area contributed by atoms with Crippen molar-refractivity contribution in [2.24, 2.45) is 0 Å². The fraction of sp³-hybridized carbons (Fsp3) is 0.200. The maximum atomic E-state index is 13.1. The van der Waals surface area contributed by atoms with E-state index in [1.807, 2.05) is 0 Å². The normalized spacial score (nSPS) is 9.62. The molecule has 0 radical (unpaired) electrons. The maximum absolute atomic E-state index is 13.1. The molecule has 0 unspecified atom stereocenters. The number of halogens is 2. The van der Waals surface area contributed by atoms with Crippen LogP contribution in [0.2, 0.25) is 5.02 Å². The lowest BCUT2D eigenvalue weighted by molar-refractivity contribution is 0.602. The molecule has 1 aromatic carbocycles. The number of terminal acetylenes is 1. The quantitative estimate of drug-likeness (QED) is 0.421. The van der Waals surface area contributed by atoms with Crippen LogP contribution in [0.25, 0.3) is 0 Å². The third-order valence-corrected chi connectivity index (χ3v) is 2.66. The van der Waals surface area contributed by atoms with E-state index in [4.69, 9.17) is 18.0 Å². The highest BCUT2D eigenvalue weighted by atomic mass is 35.5. The van der Waals surface area contributed by atoms with Gasteiger partial charge in [-0.3, -0.25) is 0 Å². The average molecular weight is 215 g/mol. The highest BCUT2D eigenvalue weighted by Crippen LogP contribution is 2.25. The second-order valence-electron chi connectivity index (χ2n) is 2.38. The Morgan fingerprint density at radius 3 is 3.00 bits per heavy atom. The van der Waals surface area contributed by atoms with Crippen LogP contribution in [-0.4, -0.2) is 5.75 Å². The molecule has 0 N–H and O–H groups in total. The molecule has 0 aromatic heterocycles. The molecule has 1 aromatic rings. The van der Waals surface area contributed by atoms with E-state index in [-0.39, 0.29) is 5.82 Å². The van der Waals surface area contributed by atoms with Crippen LogP contribution in [0.1, 0.15) is 6.42 Å². The van der Waals surface area contributed by atoms with E-state index < -0.39 is 0 Å². The first kappa shape index (κ1) is 10.4. The molecule has 0 saturated carbocycles. The molecule has 0 saturated heterocycles. The Labute approximate surface area is 86.5 Å². The van der Waals surface area contributed by atoms with Crippen molar-refractivity contribution in [2.75, 3.05) is 5.75 Å². The van der Waals surface area contributed by atoms with Gasteiger partial charge in [-0.05, 0) is 18.2 Å². The molecule has 68 valence electrons. The topological polar surface area (TPSA) is 0 Å². The van der Waals surface area contributed by atoms with Gasteiger partial charge < -0.3 is 0 Å². The summed E-state index contributed by atoms with van der Waals surface area (Å²) < 4.78 is 13.1. The molecular formula is C10H8ClFS. The lowest BCUT2D eigenvalue weighted by atomic mass is 10.3. The minimum Gasteiger partial charge on any atom is -0.206 e. The van der Waals surface area contributed by atoms with Gasteiger partial charge in [0.2, 0.25) is 0 Å². The van der Waals surface area contributed by atoms with Gasteiger partial charge in [0.15, 0.2) is 0 Å². The summed E-state index contributed by atoms with van der Waals surface area (Å²) in [4.78, 5) is 0.558. The molecule has 0 aliphatic rings. The third-order valence-electron chi connectivity index (χ3n) is 1.40. The SMILES string of the molecule is C#CCCSc1cc(Cl)ccc1F. The summed E-state index contributed by atoms with van der Waals surface area (Å²) in [5.41, 5.74) is 0. The summed E-state index contributed by atoms with van der Waals surface area (Å²) in [7, 11) is 0. The van der Waals surface area contributed by atoms with E-state index in [1.54, 1.807) is 6.07 Å². The Morgan fingerprint density at radius 1 is 1.54 bits per heavy atom. The Hall–Kier alpha value is -0.650. The van der Waals surface area contributed by atoms with Crippen LogP contribution in [-0.2, 0) is 0 Å². The predicted molar refractivity (Wildman–Crippen MR) is 55.6 cm³/mol. The minimum atomic E-state index is -0.244. The Morgan fingerprint density at radius 2 is 2.31 bits per heavy atom. The number of hydrogen-bond acceptors (Lipinski definition) is 1. The van der Waals surface area contributed by atoms with Crippen molar-refractivity contribution in [1.29, 1.82) is 0 Å². The van der Waals surface area contributed by atoms with Crippen LogP contribution in [0.5, 0.6) is 0 Å². The lowest BCUT2D eigenvalue weighted by Gasteiger charge is -2.01. The second kappa shape index (κ2) is 5.16. The van der Waals surface area contributed by atoms with Crippen molar-refractivity contribution in [3.05, 3.63) is 29.0 Å². The van der Waals surface area contributed by atoms with Crippen molar-refractivity contribution in [3.8, 4) is 12.3 Å². The summed E-state index contributed by atoms with van der Waals surface area (Å²) in [5, 5.41) is 0.546. The molecule has 0 aliphatic heterocycles. The van der Waals surface area contributed by atoms with E-state index >= 15 is 0 Å². The molecule has 0 fully saturated rings. The fourth-order valence-corrected chi connectivity index (χ4v) is 1.90. The van der Waals surface area contributed by atoms with Gasteiger partial charge in [0.05, 0.1) is 0 Å². The maximum Gasteiger partial charge on any atom is 0.136 e. The van der Waals surface area contributed by atoms with E-state index in [9.17, 15) is 4.39 Å². The molecule has 3 heteroatoms. The number of rotatable bonds is 3. The van der Waals surface area contributed by atoms with Crippen LogP contribution >= 0.6 is 23.4 Å². The van der Waals surface area contributed by atoms with Crippen molar-refractivity contribution < 1.29 is 4.39 Å². The largest absolute Gasteiger partial charge is 0.206 e. The highest BCUT2D eigenvalue weighted by molar-refractivity contribution is 7.99. The van der Waals surface area contributed by atoms with E-state index in [0.29, 0.717) is 22.1 Å². The Bertz CT molecular complexity index is 330. The van der Waals surface area contributed by atoms with E-state index in [1.165, 1.54) is 23.9 Å². The van der Waals surface area contributed by atoms with Crippen LogP contribution in [0.3, 0.4) is 0 Å². The van der Waals surface area contributed by atoms with Gasteiger partial charge in [0, 0.05) is 22.1 Å². The van der Waals surface area contributed by atoms with Gasteiger partial charge in [-0.1, -0.05) is 11.6 Å². The van der Waals surface area contributed by atoms with Crippen molar-refractivity contribution >= 4 is 23.4 Å². The number of hydrogen-bond donors (Lipinski definition) is 0. The van der Waals surface area contributed by atoms with E-state index in [0.717, 1.165) is 0 Å². The van der Waals surface area contributed by atoms with Crippen LogP contribution in [0.4, 0.5) is 4.39 Å². The van der Waals surface area contributed by atoms with Gasteiger partial charge in [-0.2, -0.15) is 0 Å². The first-order valence-corrected chi connectivity index (χ1v) is 5.11. The Balaban J connectivity index is 2.65. The Kier molecular flexibility index (Phi) is 4.14. The molecule has 0 atom stereocenters. The van der Waals surface area contributed by atoms with Crippen molar-refractivity contribution in [3.63, 3.8) is 0 Å². The first-order chi connectivity index (χ1) is 6.24. The molecule has 0 amide bonds. The zero-order chi connectivity index (χ0) is 9.68. The van der Waals surface area contributed by atoms with Gasteiger partial charge in [0.25, 0.3) is 0 Å². The summed E-state index contributed by atoms with van der Waals surface area (Å²) >= 11 is 7.09.